The van der Waals surface area contributed by atoms with Gasteiger partial charge in [0.2, 0.25) is 0 Å². The van der Waals surface area contributed by atoms with Crippen LogP contribution in [0.1, 0.15) is 11.3 Å². The number of alkyl halides is 3. The monoisotopic (exact) mass is 361 g/mol. The van der Waals surface area contributed by atoms with Gasteiger partial charge in [-0.25, -0.2) is 9.97 Å². The topological polar surface area (TPSA) is 47.8 Å². The number of aromatic nitrogens is 3. The number of nitrogens with zero attached hydrogens (tertiary/aromatic N) is 3. The van der Waals surface area contributed by atoms with Crippen molar-refractivity contribution in [2.45, 2.75) is 19.6 Å². The maximum absolute atomic E-state index is 13.1. The van der Waals surface area contributed by atoms with Gasteiger partial charge in [-0.3, -0.25) is 9.36 Å². The largest absolute Gasteiger partial charge is 0.433 e. The zero-order valence-electron chi connectivity index (χ0n) is 11.6. The summed E-state index contributed by atoms with van der Waals surface area (Å²) in [4.78, 5) is 19.5. The first-order valence-corrected chi connectivity index (χ1v) is 6.86. The molecule has 0 aliphatic heterocycles. The van der Waals surface area contributed by atoms with E-state index in [1.807, 2.05) is 0 Å². The fourth-order valence-corrected chi connectivity index (χ4v) is 2.44. The molecule has 0 unspecified atom stereocenters. The Bertz CT molecular complexity index is 849. The Morgan fingerprint density at radius 2 is 1.83 bits per heavy atom. The Balaban J connectivity index is 2.87. The summed E-state index contributed by atoms with van der Waals surface area (Å²) in [5.74, 6) is 1.93. The van der Waals surface area contributed by atoms with Gasteiger partial charge in [0.05, 0.1) is 6.54 Å². The molecule has 0 bridgehead atoms. The van der Waals surface area contributed by atoms with Gasteiger partial charge in [-0.2, -0.15) is 13.2 Å². The first-order chi connectivity index (χ1) is 10.6. The highest BCUT2D eigenvalue weighted by Crippen LogP contribution is 2.31. The van der Waals surface area contributed by atoms with E-state index in [4.69, 9.17) is 29.6 Å². The summed E-state index contributed by atoms with van der Waals surface area (Å²) in [7, 11) is 0. The molecule has 0 saturated heterocycles. The van der Waals surface area contributed by atoms with Gasteiger partial charge < -0.3 is 0 Å². The highest BCUT2D eigenvalue weighted by atomic mass is 35.5. The van der Waals surface area contributed by atoms with Crippen molar-refractivity contribution in [3.8, 4) is 23.7 Å². The van der Waals surface area contributed by atoms with Crippen LogP contribution in [0.5, 0.6) is 0 Å². The van der Waals surface area contributed by atoms with Gasteiger partial charge in [0, 0.05) is 11.1 Å². The second-order valence-corrected chi connectivity index (χ2v) is 5.28. The minimum absolute atomic E-state index is 0.0526. The van der Waals surface area contributed by atoms with E-state index in [-0.39, 0.29) is 28.2 Å². The molecule has 0 atom stereocenters. The Kier molecular flexibility index (Phi) is 4.68. The third kappa shape index (κ3) is 3.49. The van der Waals surface area contributed by atoms with Crippen molar-refractivity contribution < 1.29 is 13.2 Å². The Morgan fingerprint density at radius 3 is 2.30 bits per heavy atom. The summed E-state index contributed by atoms with van der Waals surface area (Å²) in [5.41, 5.74) is -2.60. The predicted octanol–water partition coefficient (Wildman–Crippen LogP) is 3.57. The van der Waals surface area contributed by atoms with Gasteiger partial charge >= 0.3 is 6.18 Å². The Morgan fingerprint density at radius 1 is 1.26 bits per heavy atom. The molecular weight excluding hydrogens is 354 g/mol. The molecule has 120 valence electrons. The fourth-order valence-electron chi connectivity index (χ4n) is 1.98. The second kappa shape index (κ2) is 6.22. The van der Waals surface area contributed by atoms with E-state index in [1.165, 1.54) is 12.1 Å². The van der Waals surface area contributed by atoms with E-state index >= 15 is 0 Å². The molecule has 9 heteroatoms. The molecule has 0 aromatic carbocycles. The molecule has 2 rings (SSSR count). The molecule has 0 saturated carbocycles. The first-order valence-electron chi connectivity index (χ1n) is 6.10. The van der Waals surface area contributed by atoms with E-state index in [0.29, 0.717) is 0 Å². The highest BCUT2D eigenvalue weighted by Gasteiger charge is 2.37. The first kappa shape index (κ1) is 17.3. The maximum atomic E-state index is 13.1. The molecule has 2 aromatic heterocycles. The van der Waals surface area contributed by atoms with E-state index in [2.05, 4.69) is 15.9 Å². The summed E-state index contributed by atoms with van der Waals surface area (Å²) in [6.45, 7) is 0.791. The molecule has 0 fully saturated rings. The smallest absolute Gasteiger partial charge is 0.281 e. The Labute approximate surface area is 138 Å². The van der Waals surface area contributed by atoms with Gasteiger partial charge in [-0.1, -0.05) is 29.1 Å². The van der Waals surface area contributed by atoms with Gasteiger partial charge in [0.15, 0.2) is 5.69 Å². The molecule has 0 aliphatic carbocycles. The summed E-state index contributed by atoms with van der Waals surface area (Å²) in [6.07, 6.45) is 0.402. The number of halogens is 5. The van der Waals surface area contributed by atoms with Crippen LogP contribution in [-0.2, 0) is 12.7 Å². The lowest BCUT2D eigenvalue weighted by atomic mass is 10.2. The summed E-state index contributed by atoms with van der Waals surface area (Å²) in [5, 5.41) is -0.105. The van der Waals surface area contributed by atoms with Crippen molar-refractivity contribution in [2.75, 3.05) is 0 Å². The van der Waals surface area contributed by atoms with Crippen LogP contribution in [0.25, 0.3) is 11.4 Å². The van der Waals surface area contributed by atoms with Crippen LogP contribution < -0.4 is 5.56 Å². The zero-order chi connectivity index (χ0) is 17.4. The normalized spacial score (nSPS) is 11.3. The zero-order valence-corrected chi connectivity index (χ0v) is 13.1. The third-order valence-corrected chi connectivity index (χ3v) is 3.32. The van der Waals surface area contributed by atoms with Crippen molar-refractivity contribution in [3.05, 3.63) is 44.1 Å². The molecule has 0 spiro atoms. The highest BCUT2D eigenvalue weighted by molar-refractivity contribution is 6.32. The summed E-state index contributed by atoms with van der Waals surface area (Å²) < 4.78 is 40.2. The minimum Gasteiger partial charge on any atom is -0.281 e. The van der Waals surface area contributed by atoms with Crippen molar-refractivity contribution in [2.24, 2.45) is 0 Å². The molecule has 4 nitrogen and oxygen atoms in total. The van der Waals surface area contributed by atoms with Crippen LogP contribution in [0, 0.1) is 19.3 Å². The van der Waals surface area contributed by atoms with Gasteiger partial charge in [-0.15, -0.1) is 6.42 Å². The van der Waals surface area contributed by atoms with Gasteiger partial charge in [0.1, 0.15) is 16.1 Å². The Hall–Kier alpha value is -2.04. The average Bonchev–Trinajstić information content (AvgIpc) is 2.41. The van der Waals surface area contributed by atoms with Crippen LogP contribution in [0.15, 0.2) is 16.9 Å². The van der Waals surface area contributed by atoms with E-state index in [1.54, 1.807) is 0 Å². The summed E-state index contributed by atoms with van der Waals surface area (Å²) >= 11 is 11.5. The van der Waals surface area contributed by atoms with Crippen LogP contribution in [-0.4, -0.2) is 14.5 Å². The number of hydrogen-bond acceptors (Lipinski definition) is 3. The average molecular weight is 362 g/mol. The second-order valence-electron chi connectivity index (χ2n) is 4.50. The van der Waals surface area contributed by atoms with Crippen LogP contribution in [0.4, 0.5) is 13.2 Å². The number of rotatable bonds is 2. The molecular formula is C14H8Cl2F3N3O. The van der Waals surface area contributed by atoms with Crippen LogP contribution in [0.2, 0.25) is 10.3 Å². The minimum atomic E-state index is -4.78. The molecule has 0 radical (unpaired) electrons. The van der Waals surface area contributed by atoms with Crippen LogP contribution in [0.3, 0.4) is 0 Å². The molecule has 0 amide bonds. The van der Waals surface area contributed by atoms with Crippen molar-refractivity contribution >= 4 is 23.2 Å². The molecule has 23 heavy (non-hydrogen) atoms. The van der Waals surface area contributed by atoms with Gasteiger partial charge in [0.25, 0.3) is 5.56 Å². The van der Waals surface area contributed by atoms with Crippen molar-refractivity contribution in [3.63, 3.8) is 0 Å². The van der Waals surface area contributed by atoms with Gasteiger partial charge in [-0.05, 0) is 19.1 Å². The molecule has 0 N–H and O–H groups in total. The van der Waals surface area contributed by atoms with Crippen molar-refractivity contribution in [1.82, 2.24) is 14.5 Å². The van der Waals surface area contributed by atoms with Crippen molar-refractivity contribution in [1.29, 1.82) is 0 Å². The van der Waals surface area contributed by atoms with E-state index in [9.17, 15) is 18.0 Å². The SMILES string of the molecule is C#CCn1c(-c2cc(Cl)nc(Cl)c2)nc(C(F)(F)F)c(C)c1=O. The number of pyridine rings is 1. The lowest BCUT2D eigenvalue weighted by Gasteiger charge is -2.15. The third-order valence-electron chi connectivity index (χ3n) is 2.93. The molecule has 0 aliphatic rings. The molecule has 2 heterocycles. The standard InChI is InChI=1S/C14H8Cl2F3N3O/c1-3-4-22-12(8-5-9(15)20-10(16)6-8)21-11(14(17,18)19)7(2)13(22)23/h1,5-6H,4H2,2H3. The fraction of sp³-hybridized carbons (Fsp3) is 0.214. The lowest BCUT2D eigenvalue weighted by Crippen LogP contribution is -2.29. The van der Waals surface area contributed by atoms with Crippen LogP contribution >= 0.6 is 23.2 Å². The van der Waals surface area contributed by atoms with E-state index < -0.39 is 23.0 Å². The predicted molar refractivity (Wildman–Crippen MR) is 80.3 cm³/mol. The maximum Gasteiger partial charge on any atom is 0.433 e. The number of terminal acetylenes is 1. The number of hydrogen-bond donors (Lipinski definition) is 0. The lowest BCUT2D eigenvalue weighted by molar-refractivity contribution is -0.141. The van der Waals surface area contributed by atoms with E-state index in [0.717, 1.165) is 11.5 Å². The summed E-state index contributed by atoms with van der Waals surface area (Å²) in [6, 6.07) is 2.50. The quantitative estimate of drug-likeness (QED) is 0.606. The molecule has 2 aromatic rings.